The van der Waals surface area contributed by atoms with Gasteiger partial charge in [0.25, 0.3) is 0 Å². The molecule has 1 fully saturated rings. The lowest BCUT2D eigenvalue weighted by Gasteiger charge is -2.22. The molecule has 1 aromatic carbocycles. The molecule has 3 heterocycles. The molecule has 0 spiro atoms. The van der Waals surface area contributed by atoms with E-state index in [9.17, 15) is 0 Å². The van der Waals surface area contributed by atoms with Crippen LogP contribution < -0.4 is 4.74 Å². The molecule has 0 saturated carbocycles. The Morgan fingerprint density at radius 1 is 1.30 bits per heavy atom. The summed E-state index contributed by atoms with van der Waals surface area (Å²) in [5.74, 6) is 2.26. The van der Waals surface area contributed by atoms with Crippen LogP contribution in [0.1, 0.15) is 62.6 Å². The second-order valence-electron chi connectivity index (χ2n) is 7.76. The van der Waals surface area contributed by atoms with Gasteiger partial charge in [-0.05, 0) is 50.1 Å². The Labute approximate surface area is 160 Å². The summed E-state index contributed by atoms with van der Waals surface area (Å²) in [6.07, 6.45) is 4.63. The Morgan fingerprint density at radius 2 is 2.15 bits per heavy atom. The SMILES string of the molecule is CCn1cc(CN2CCCC2c2cc(C(C)C)on2)c2cc(OC)ccc21. The quantitative estimate of drug-likeness (QED) is 0.607. The van der Waals surface area contributed by atoms with Gasteiger partial charge in [0.1, 0.15) is 17.2 Å². The van der Waals surface area contributed by atoms with E-state index in [2.05, 4.69) is 59.8 Å². The van der Waals surface area contributed by atoms with E-state index in [-0.39, 0.29) is 0 Å². The Bertz CT molecular complexity index is 925. The molecule has 5 nitrogen and oxygen atoms in total. The van der Waals surface area contributed by atoms with Gasteiger partial charge >= 0.3 is 0 Å². The van der Waals surface area contributed by atoms with E-state index in [4.69, 9.17) is 9.26 Å². The number of fused-ring (bicyclic) bond motifs is 1. The van der Waals surface area contributed by atoms with E-state index < -0.39 is 0 Å². The summed E-state index contributed by atoms with van der Waals surface area (Å²) in [5, 5.41) is 5.66. The third-order valence-corrected chi connectivity index (χ3v) is 5.71. The molecule has 1 aliphatic rings. The summed E-state index contributed by atoms with van der Waals surface area (Å²) in [6.45, 7) is 9.46. The molecule has 1 unspecified atom stereocenters. The highest BCUT2D eigenvalue weighted by Gasteiger charge is 2.29. The number of rotatable bonds is 6. The number of aromatic nitrogens is 2. The normalized spacial score (nSPS) is 18.0. The van der Waals surface area contributed by atoms with E-state index in [0.717, 1.165) is 43.3 Å². The van der Waals surface area contributed by atoms with E-state index in [0.29, 0.717) is 12.0 Å². The van der Waals surface area contributed by atoms with Crippen molar-refractivity contribution in [3.63, 3.8) is 0 Å². The molecule has 1 atom stereocenters. The number of hydrogen-bond acceptors (Lipinski definition) is 4. The molecule has 4 rings (SSSR count). The highest BCUT2D eigenvalue weighted by atomic mass is 16.5. The number of ether oxygens (including phenoxy) is 1. The van der Waals surface area contributed by atoms with Crippen molar-refractivity contribution < 1.29 is 9.26 Å². The first kappa shape index (κ1) is 18.1. The van der Waals surface area contributed by atoms with Crippen molar-refractivity contribution in [1.29, 1.82) is 0 Å². The fourth-order valence-corrected chi connectivity index (χ4v) is 4.17. The van der Waals surface area contributed by atoms with Crippen LogP contribution in [-0.2, 0) is 13.1 Å². The van der Waals surface area contributed by atoms with Gasteiger partial charge in [-0.3, -0.25) is 4.90 Å². The molecule has 0 amide bonds. The monoisotopic (exact) mass is 367 g/mol. The average molecular weight is 367 g/mol. The van der Waals surface area contributed by atoms with Crippen molar-refractivity contribution in [3.8, 4) is 5.75 Å². The van der Waals surface area contributed by atoms with Crippen molar-refractivity contribution in [1.82, 2.24) is 14.6 Å². The van der Waals surface area contributed by atoms with Crippen LogP contribution >= 0.6 is 0 Å². The lowest BCUT2D eigenvalue weighted by atomic mass is 10.1. The zero-order chi connectivity index (χ0) is 19.0. The van der Waals surface area contributed by atoms with E-state index in [1.54, 1.807) is 7.11 Å². The Hall–Kier alpha value is -2.27. The van der Waals surface area contributed by atoms with Crippen LogP contribution in [0.5, 0.6) is 5.75 Å². The Kier molecular flexibility index (Phi) is 4.96. The first-order chi connectivity index (χ1) is 13.1. The molecule has 2 aromatic heterocycles. The van der Waals surface area contributed by atoms with Crippen LogP contribution in [0.4, 0.5) is 0 Å². The Balaban J connectivity index is 1.64. The van der Waals surface area contributed by atoms with Gasteiger partial charge < -0.3 is 13.8 Å². The highest BCUT2D eigenvalue weighted by Crippen LogP contribution is 2.35. The average Bonchev–Trinajstić information content (AvgIpc) is 3.40. The molecule has 5 heteroatoms. The molecule has 1 saturated heterocycles. The van der Waals surface area contributed by atoms with E-state index >= 15 is 0 Å². The number of aryl methyl sites for hydroxylation is 1. The van der Waals surface area contributed by atoms with Crippen LogP contribution in [0.15, 0.2) is 35.0 Å². The largest absolute Gasteiger partial charge is 0.497 e. The summed E-state index contributed by atoms with van der Waals surface area (Å²) in [4.78, 5) is 2.54. The number of nitrogens with zero attached hydrogens (tertiary/aromatic N) is 3. The van der Waals surface area contributed by atoms with Gasteiger partial charge in [0.15, 0.2) is 0 Å². The van der Waals surface area contributed by atoms with Gasteiger partial charge in [-0.15, -0.1) is 0 Å². The van der Waals surface area contributed by atoms with Crippen LogP contribution in [0.25, 0.3) is 10.9 Å². The van der Waals surface area contributed by atoms with Gasteiger partial charge in [-0.1, -0.05) is 19.0 Å². The van der Waals surface area contributed by atoms with Gasteiger partial charge in [0, 0.05) is 42.2 Å². The van der Waals surface area contributed by atoms with Crippen molar-refractivity contribution >= 4 is 10.9 Å². The smallest absolute Gasteiger partial charge is 0.139 e. The first-order valence-electron chi connectivity index (χ1n) is 9.97. The molecule has 27 heavy (non-hydrogen) atoms. The maximum Gasteiger partial charge on any atom is 0.139 e. The lowest BCUT2D eigenvalue weighted by molar-refractivity contribution is 0.236. The summed E-state index contributed by atoms with van der Waals surface area (Å²) in [7, 11) is 1.73. The Morgan fingerprint density at radius 3 is 2.85 bits per heavy atom. The predicted octanol–water partition coefficient (Wildman–Crippen LogP) is 5.12. The number of hydrogen-bond donors (Lipinski definition) is 0. The van der Waals surface area contributed by atoms with Crippen molar-refractivity contribution in [2.45, 2.75) is 58.7 Å². The van der Waals surface area contributed by atoms with Gasteiger partial charge in [-0.25, -0.2) is 0 Å². The number of methoxy groups -OCH3 is 1. The molecule has 1 aliphatic heterocycles. The highest BCUT2D eigenvalue weighted by molar-refractivity contribution is 5.85. The predicted molar refractivity (Wildman–Crippen MR) is 107 cm³/mol. The third-order valence-electron chi connectivity index (χ3n) is 5.71. The standard InChI is InChI=1S/C22H29N3O2/c1-5-24-13-16(18-11-17(26-4)8-9-20(18)24)14-25-10-6-7-21(25)19-12-22(15(2)3)27-23-19/h8-9,11-13,15,21H,5-7,10,14H2,1-4H3. The van der Waals surface area contributed by atoms with Gasteiger partial charge in [-0.2, -0.15) is 0 Å². The second-order valence-corrected chi connectivity index (χ2v) is 7.76. The molecule has 3 aromatic rings. The first-order valence-corrected chi connectivity index (χ1v) is 9.97. The minimum Gasteiger partial charge on any atom is -0.497 e. The summed E-state index contributed by atoms with van der Waals surface area (Å²) >= 11 is 0. The zero-order valence-electron chi connectivity index (χ0n) is 16.7. The van der Waals surface area contributed by atoms with Gasteiger partial charge in [0.2, 0.25) is 0 Å². The molecular formula is C22H29N3O2. The summed E-state index contributed by atoms with van der Waals surface area (Å²) < 4.78 is 13.3. The van der Waals surface area contributed by atoms with Crippen molar-refractivity contribution in [2.75, 3.05) is 13.7 Å². The second kappa shape index (κ2) is 7.39. The summed E-state index contributed by atoms with van der Waals surface area (Å²) in [6, 6.07) is 8.85. The van der Waals surface area contributed by atoms with Crippen LogP contribution in [0.2, 0.25) is 0 Å². The number of likely N-dealkylation sites (tertiary alicyclic amines) is 1. The van der Waals surface area contributed by atoms with Crippen molar-refractivity contribution in [3.05, 3.63) is 47.5 Å². The van der Waals surface area contributed by atoms with Gasteiger partial charge in [0.05, 0.1) is 13.2 Å². The van der Waals surface area contributed by atoms with Crippen LogP contribution in [0.3, 0.4) is 0 Å². The van der Waals surface area contributed by atoms with Crippen LogP contribution in [-0.4, -0.2) is 28.3 Å². The molecule has 0 N–H and O–H groups in total. The molecule has 0 radical (unpaired) electrons. The molecular weight excluding hydrogens is 338 g/mol. The number of benzene rings is 1. The molecule has 0 aliphatic carbocycles. The summed E-state index contributed by atoms with van der Waals surface area (Å²) in [5.41, 5.74) is 3.70. The van der Waals surface area contributed by atoms with Crippen LogP contribution in [0, 0.1) is 0 Å². The minimum absolute atomic E-state index is 0.340. The van der Waals surface area contributed by atoms with Crippen molar-refractivity contribution in [2.24, 2.45) is 0 Å². The molecule has 144 valence electrons. The minimum atomic E-state index is 0.340. The fourth-order valence-electron chi connectivity index (χ4n) is 4.17. The maximum atomic E-state index is 5.56. The molecule has 0 bridgehead atoms. The van der Waals surface area contributed by atoms with E-state index in [1.165, 1.54) is 22.9 Å². The zero-order valence-corrected chi connectivity index (χ0v) is 16.7. The topological polar surface area (TPSA) is 43.4 Å². The third kappa shape index (κ3) is 3.36. The van der Waals surface area contributed by atoms with E-state index in [1.807, 2.05) is 6.07 Å². The maximum absolute atomic E-state index is 5.56. The lowest BCUT2D eigenvalue weighted by Crippen LogP contribution is -2.22. The fraction of sp³-hybridized carbons (Fsp3) is 0.500.